The van der Waals surface area contributed by atoms with Gasteiger partial charge < -0.3 is 5.32 Å². The summed E-state index contributed by atoms with van der Waals surface area (Å²) in [4.78, 5) is 0. The van der Waals surface area contributed by atoms with Gasteiger partial charge in [-0.05, 0) is 43.7 Å². The first-order valence-electron chi connectivity index (χ1n) is 6.20. The molecule has 0 atom stereocenters. The standard InChI is InChI=1S/C14H17Cl2N3/c1-10-7-13(19(2)18-10)9-17-6-5-11-3-4-12(15)8-14(11)16/h3-4,7-8,17H,5-6,9H2,1-2H3. The molecule has 102 valence electrons. The van der Waals surface area contributed by atoms with E-state index in [2.05, 4.69) is 16.5 Å². The lowest BCUT2D eigenvalue weighted by Gasteiger charge is -2.07. The molecule has 1 heterocycles. The van der Waals surface area contributed by atoms with Crippen LogP contribution in [0, 0.1) is 6.92 Å². The molecule has 3 nitrogen and oxygen atoms in total. The zero-order chi connectivity index (χ0) is 13.8. The zero-order valence-corrected chi connectivity index (χ0v) is 12.6. The van der Waals surface area contributed by atoms with Gasteiger partial charge in [-0.25, -0.2) is 0 Å². The van der Waals surface area contributed by atoms with Crippen LogP contribution in [-0.4, -0.2) is 16.3 Å². The number of nitrogens with one attached hydrogen (secondary N) is 1. The molecule has 0 bridgehead atoms. The van der Waals surface area contributed by atoms with Gasteiger partial charge in [-0.2, -0.15) is 5.10 Å². The number of aryl methyl sites for hydroxylation is 2. The average Bonchev–Trinajstić information content (AvgIpc) is 2.65. The summed E-state index contributed by atoms with van der Waals surface area (Å²) in [6, 6.07) is 7.71. The van der Waals surface area contributed by atoms with E-state index in [1.807, 2.05) is 30.8 Å². The molecular weight excluding hydrogens is 281 g/mol. The Bertz CT molecular complexity index is 564. The first-order chi connectivity index (χ1) is 9.06. The minimum Gasteiger partial charge on any atom is -0.311 e. The fourth-order valence-electron chi connectivity index (χ4n) is 1.99. The van der Waals surface area contributed by atoms with E-state index in [1.165, 1.54) is 5.69 Å². The Balaban J connectivity index is 1.82. The summed E-state index contributed by atoms with van der Waals surface area (Å²) >= 11 is 12.0. The van der Waals surface area contributed by atoms with Crippen LogP contribution in [0.15, 0.2) is 24.3 Å². The number of hydrogen-bond donors (Lipinski definition) is 1. The van der Waals surface area contributed by atoms with E-state index in [1.54, 1.807) is 6.07 Å². The highest BCUT2D eigenvalue weighted by atomic mass is 35.5. The van der Waals surface area contributed by atoms with Gasteiger partial charge in [0.15, 0.2) is 0 Å². The molecule has 0 saturated heterocycles. The molecule has 0 unspecified atom stereocenters. The molecule has 0 saturated carbocycles. The molecule has 2 aromatic rings. The second-order valence-corrected chi connectivity index (χ2v) is 5.41. The van der Waals surface area contributed by atoms with Crippen molar-refractivity contribution in [2.45, 2.75) is 19.9 Å². The molecule has 1 aromatic heterocycles. The van der Waals surface area contributed by atoms with Gasteiger partial charge in [0.1, 0.15) is 0 Å². The van der Waals surface area contributed by atoms with Crippen molar-refractivity contribution in [2.24, 2.45) is 7.05 Å². The Morgan fingerprint density at radius 2 is 2.05 bits per heavy atom. The maximum Gasteiger partial charge on any atom is 0.0597 e. The molecule has 5 heteroatoms. The molecule has 1 N–H and O–H groups in total. The van der Waals surface area contributed by atoms with Crippen LogP contribution in [0.1, 0.15) is 17.0 Å². The summed E-state index contributed by atoms with van der Waals surface area (Å²) in [5.74, 6) is 0. The average molecular weight is 298 g/mol. The molecule has 0 aliphatic carbocycles. The van der Waals surface area contributed by atoms with E-state index in [-0.39, 0.29) is 0 Å². The molecule has 19 heavy (non-hydrogen) atoms. The van der Waals surface area contributed by atoms with Gasteiger partial charge in [0, 0.05) is 23.6 Å². The van der Waals surface area contributed by atoms with Gasteiger partial charge >= 0.3 is 0 Å². The molecule has 1 aromatic carbocycles. The lowest BCUT2D eigenvalue weighted by molar-refractivity contribution is 0.624. The Kier molecular flexibility index (Phi) is 4.86. The van der Waals surface area contributed by atoms with Crippen molar-refractivity contribution in [1.82, 2.24) is 15.1 Å². The lowest BCUT2D eigenvalue weighted by atomic mass is 10.1. The van der Waals surface area contributed by atoms with Crippen molar-refractivity contribution in [3.8, 4) is 0 Å². The maximum atomic E-state index is 6.13. The first-order valence-corrected chi connectivity index (χ1v) is 6.96. The molecule has 0 aliphatic heterocycles. The molecule has 0 fully saturated rings. The summed E-state index contributed by atoms with van der Waals surface area (Å²) in [5, 5.41) is 9.11. The predicted octanol–water partition coefficient (Wildman–Crippen LogP) is 3.37. The van der Waals surface area contributed by atoms with Crippen molar-refractivity contribution < 1.29 is 0 Å². The van der Waals surface area contributed by atoms with Gasteiger partial charge in [0.2, 0.25) is 0 Å². The van der Waals surface area contributed by atoms with Crippen LogP contribution in [0.2, 0.25) is 10.0 Å². The van der Waals surface area contributed by atoms with E-state index < -0.39 is 0 Å². The third-order valence-electron chi connectivity index (χ3n) is 2.99. The second kappa shape index (κ2) is 6.42. The topological polar surface area (TPSA) is 29.9 Å². The zero-order valence-electron chi connectivity index (χ0n) is 11.1. The molecule has 0 aliphatic rings. The quantitative estimate of drug-likeness (QED) is 0.858. The number of hydrogen-bond acceptors (Lipinski definition) is 2. The minimum absolute atomic E-state index is 0.673. The highest BCUT2D eigenvalue weighted by Crippen LogP contribution is 2.21. The highest BCUT2D eigenvalue weighted by Gasteiger charge is 2.03. The predicted molar refractivity (Wildman–Crippen MR) is 79.8 cm³/mol. The van der Waals surface area contributed by atoms with Gasteiger partial charge in [-0.15, -0.1) is 0 Å². The Labute approximate surface area is 123 Å². The summed E-state index contributed by atoms with van der Waals surface area (Å²) in [6.07, 6.45) is 0.882. The Morgan fingerprint density at radius 1 is 1.26 bits per heavy atom. The molecule has 0 radical (unpaired) electrons. The van der Waals surface area contributed by atoms with Crippen LogP contribution in [0.3, 0.4) is 0 Å². The van der Waals surface area contributed by atoms with E-state index in [0.29, 0.717) is 5.02 Å². The van der Waals surface area contributed by atoms with E-state index in [4.69, 9.17) is 23.2 Å². The second-order valence-electron chi connectivity index (χ2n) is 4.56. The van der Waals surface area contributed by atoms with Crippen LogP contribution >= 0.6 is 23.2 Å². The van der Waals surface area contributed by atoms with Crippen LogP contribution in [0.5, 0.6) is 0 Å². The number of nitrogens with zero attached hydrogens (tertiary/aromatic N) is 2. The summed E-state index contributed by atoms with van der Waals surface area (Å²) in [7, 11) is 1.96. The van der Waals surface area contributed by atoms with Crippen molar-refractivity contribution in [1.29, 1.82) is 0 Å². The fraction of sp³-hybridized carbons (Fsp3) is 0.357. The van der Waals surface area contributed by atoms with Gasteiger partial charge in [0.05, 0.1) is 11.4 Å². The lowest BCUT2D eigenvalue weighted by Crippen LogP contribution is -2.18. The van der Waals surface area contributed by atoms with Crippen molar-refractivity contribution in [3.05, 3.63) is 51.3 Å². The molecular formula is C14H17Cl2N3. The van der Waals surface area contributed by atoms with E-state index in [0.717, 1.165) is 35.8 Å². The minimum atomic E-state index is 0.673. The first kappa shape index (κ1) is 14.4. The molecule has 2 rings (SSSR count). The van der Waals surface area contributed by atoms with Crippen molar-refractivity contribution in [3.63, 3.8) is 0 Å². The van der Waals surface area contributed by atoms with Crippen LogP contribution in [-0.2, 0) is 20.0 Å². The smallest absolute Gasteiger partial charge is 0.0597 e. The summed E-state index contributed by atoms with van der Waals surface area (Å²) in [6.45, 7) is 3.67. The van der Waals surface area contributed by atoms with Gasteiger partial charge in [-0.1, -0.05) is 29.3 Å². The van der Waals surface area contributed by atoms with Crippen LogP contribution in [0.4, 0.5) is 0 Å². The van der Waals surface area contributed by atoms with Gasteiger partial charge in [0.25, 0.3) is 0 Å². The third kappa shape index (κ3) is 3.96. The van der Waals surface area contributed by atoms with Crippen molar-refractivity contribution in [2.75, 3.05) is 6.54 Å². The maximum absolute atomic E-state index is 6.13. The monoisotopic (exact) mass is 297 g/mol. The number of benzene rings is 1. The Morgan fingerprint density at radius 3 is 2.68 bits per heavy atom. The normalized spacial score (nSPS) is 10.9. The Hall–Kier alpha value is -1.03. The summed E-state index contributed by atoms with van der Waals surface area (Å²) < 4.78 is 1.90. The number of aromatic nitrogens is 2. The largest absolute Gasteiger partial charge is 0.311 e. The molecule has 0 spiro atoms. The summed E-state index contributed by atoms with van der Waals surface area (Å²) in [5.41, 5.74) is 3.33. The fourth-order valence-corrected chi connectivity index (χ4v) is 2.50. The van der Waals surface area contributed by atoms with E-state index >= 15 is 0 Å². The molecule has 0 amide bonds. The SMILES string of the molecule is Cc1cc(CNCCc2ccc(Cl)cc2Cl)n(C)n1. The van der Waals surface area contributed by atoms with E-state index in [9.17, 15) is 0 Å². The van der Waals surface area contributed by atoms with Crippen LogP contribution in [0.25, 0.3) is 0 Å². The highest BCUT2D eigenvalue weighted by molar-refractivity contribution is 6.35. The third-order valence-corrected chi connectivity index (χ3v) is 3.58. The van der Waals surface area contributed by atoms with Gasteiger partial charge in [-0.3, -0.25) is 4.68 Å². The number of halogens is 2. The number of rotatable bonds is 5. The van der Waals surface area contributed by atoms with Crippen LogP contribution < -0.4 is 5.32 Å². The van der Waals surface area contributed by atoms with Crippen molar-refractivity contribution >= 4 is 23.2 Å².